The van der Waals surface area contributed by atoms with Crippen molar-refractivity contribution in [2.75, 3.05) is 42.5 Å². The van der Waals surface area contributed by atoms with Gasteiger partial charge in [0.25, 0.3) is 0 Å². The monoisotopic (exact) mass is 411 g/mol. The van der Waals surface area contributed by atoms with Gasteiger partial charge >= 0.3 is 0 Å². The first-order valence-electron chi connectivity index (χ1n) is 10.8. The molecule has 2 aliphatic heterocycles. The number of anilines is 2. The quantitative estimate of drug-likeness (QED) is 0.563. The van der Waals surface area contributed by atoms with Crippen LogP contribution < -0.4 is 20.4 Å². The summed E-state index contributed by atoms with van der Waals surface area (Å²) in [6.07, 6.45) is 6.95. The minimum atomic E-state index is -0.274. The Balaban J connectivity index is 1.34. The van der Waals surface area contributed by atoms with Gasteiger partial charge in [-0.1, -0.05) is 6.07 Å². The number of nitrogens with zero attached hydrogens (tertiary/aromatic N) is 5. The van der Waals surface area contributed by atoms with Crippen LogP contribution >= 0.6 is 0 Å². The summed E-state index contributed by atoms with van der Waals surface area (Å²) in [5.41, 5.74) is 1.08. The maximum Gasteiger partial charge on any atom is 0.191 e. The first-order valence-corrected chi connectivity index (χ1v) is 10.8. The SMILES string of the molecule is CCNC(=NCc1ccc(N2CCCC2)nc1)NC1CCN(c2ncccc2F)C1. The molecule has 4 heterocycles. The predicted octanol–water partition coefficient (Wildman–Crippen LogP) is 2.55. The van der Waals surface area contributed by atoms with Gasteiger partial charge in [-0.05, 0) is 49.9 Å². The van der Waals surface area contributed by atoms with Crippen molar-refractivity contribution in [2.24, 2.45) is 4.99 Å². The Morgan fingerprint density at radius 2 is 2.03 bits per heavy atom. The molecule has 2 aromatic heterocycles. The highest BCUT2D eigenvalue weighted by molar-refractivity contribution is 5.80. The van der Waals surface area contributed by atoms with Crippen LogP contribution in [-0.4, -0.2) is 54.7 Å². The van der Waals surface area contributed by atoms with E-state index in [0.717, 1.165) is 49.9 Å². The molecule has 0 radical (unpaired) electrons. The van der Waals surface area contributed by atoms with Gasteiger partial charge in [0.1, 0.15) is 5.82 Å². The van der Waals surface area contributed by atoms with E-state index in [1.165, 1.54) is 18.9 Å². The van der Waals surface area contributed by atoms with Gasteiger partial charge in [-0.25, -0.2) is 19.4 Å². The zero-order valence-corrected chi connectivity index (χ0v) is 17.5. The van der Waals surface area contributed by atoms with Crippen LogP contribution in [0.1, 0.15) is 31.7 Å². The molecule has 4 rings (SSSR count). The number of hydrogen-bond acceptors (Lipinski definition) is 5. The van der Waals surface area contributed by atoms with Gasteiger partial charge in [0.15, 0.2) is 17.6 Å². The molecule has 0 aliphatic carbocycles. The van der Waals surface area contributed by atoms with Crippen LogP contribution in [0.25, 0.3) is 0 Å². The smallest absolute Gasteiger partial charge is 0.191 e. The zero-order valence-electron chi connectivity index (χ0n) is 17.5. The minimum absolute atomic E-state index is 0.194. The predicted molar refractivity (Wildman–Crippen MR) is 118 cm³/mol. The van der Waals surface area contributed by atoms with Crippen LogP contribution in [0.15, 0.2) is 41.7 Å². The fourth-order valence-corrected chi connectivity index (χ4v) is 4.01. The van der Waals surface area contributed by atoms with Crippen molar-refractivity contribution in [2.45, 2.75) is 38.8 Å². The number of nitrogens with one attached hydrogen (secondary N) is 2. The third-order valence-corrected chi connectivity index (χ3v) is 5.57. The Morgan fingerprint density at radius 1 is 1.17 bits per heavy atom. The number of aromatic nitrogens is 2. The van der Waals surface area contributed by atoms with E-state index in [-0.39, 0.29) is 11.9 Å². The molecule has 7 nitrogen and oxygen atoms in total. The summed E-state index contributed by atoms with van der Waals surface area (Å²) in [6, 6.07) is 7.46. The van der Waals surface area contributed by atoms with Crippen molar-refractivity contribution in [1.29, 1.82) is 0 Å². The third-order valence-electron chi connectivity index (χ3n) is 5.57. The molecule has 2 fully saturated rings. The molecule has 0 amide bonds. The van der Waals surface area contributed by atoms with Gasteiger partial charge in [-0.3, -0.25) is 0 Å². The normalized spacial score (nSPS) is 19.4. The second-order valence-electron chi connectivity index (χ2n) is 7.80. The second-order valence-corrected chi connectivity index (χ2v) is 7.80. The number of guanidine groups is 1. The lowest BCUT2D eigenvalue weighted by molar-refractivity contribution is 0.612. The van der Waals surface area contributed by atoms with Crippen molar-refractivity contribution >= 4 is 17.6 Å². The standard InChI is InChI=1S/C22H30FN7/c1-2-24-22(27-15-17-7-8-20(26-14-17)29-11-3-4-12-29)28-18-9-13-30(16-18)21-19(23)6-5-10-25-21/h5-8,10,14,18H,2-4,9,11-13,15-16H2,1H3,(H2,24,27,28). The molecular formula is C22H30FN7. The van der Waals surface area contributed by atoms with Crippen LogP contribution in [0.4, 0.5) is 16.0 Å². The van der Waals surface area contributed by atoms with E-state index < -0.39 is 0 Å². The van der Waals surface area contributed by atoms with Crippen molar-refractivity contribution in [3.63, 3.8) is 0 Å². The highest BCUT2D eigenvalue weighted by atomic mass is 19.1. The molecule has 1 unspecified atom stereocenters. The number of aliphatic imine (C=N–C) groups is 1. The lowest BCUT2D eigenvalue weighted by Gasteiger charge is -2.20. The number of pyridine rings is 2. The van der Waals surface area contributed by atoms with Gasteiger partial charge in [0, 0.05) is 51.2 Å². The zero-order chi connectivity index (χ0) is 20.8. The van der Waals surface area contributed by atoms with Crippen LogP contribution in [0.5, 0.6) is 0 Å². The van der Waals surface area contributed by atoms with Crippen molar-refractivity contribution in [3.05, 3.63) is 48.0 Å². The average molecular weight is 412 g/mol. The Morgan fingerprint density at radius 3 is 2.77 bits per heavy atom. The van der Waals surface area contributed by atoms with Crippen molar-refractivity contribution < 1.29 is 4.39 Å². The van der Waals surface area contributed by atoms with E-state index in [4.69, 9.17) is 4.99 Å². The second kappa shape index (κ2) is 9.73. The van der Waals surface area contributed by atoms with Gasteiger partial charge < -0.3 is 20.4 Å². The molecule has 8 heteroatoms. The first-order chi connectivity index (χ1) is 14.7. The summed E-state index contributed by atoms with van der Waals surface area (Å²) in [5, 5.41) is 6.78. The molecule has 1 atom stereocenters. The van der Waals surface area contributed by atoms with Gasteiger partial charge in [0.05, 0.1) is 6.54 Å². The molecule has 0 saturated carbocycles. The molecule has 2 N–H and O–H groups in total. The summed E-state index contributed by atoms with van der Waals surface area (Å²) < 4.78 is 14.0. The summed E-state index contributed by atoms with van der Waals surface area (Å²) in [4.78, 5) is 17.8. The lowest BCUT2D eigenvalue weighted by Crippen LogP contribution is -2.44. The van der Waals surface area contributed by atoms with E-state index in [9.17, 15) is 4.39 Å². The van der Waals surface area contributed by atoms with Crippen LogP contribution in [0, 0.1) is 5.82 Å². The highest BCUT2D eigenvalue weighted by Gasteiger charge is 2.26. The molecule has 30 heavy (non-hydrogen) atoms. The van der Waals surface area contributed by atoms with E-state index in [1.807, 2.05) is 18.0 Å². The fraction of sp³-hybridized carbons (Fsp3) is 0.500. The Kier molecular flexibility index (Phi) is 6.61. The van der Waals surface area contributed by atoms with E-state index in [2.05, 4.69) is 37.6 Å². The third kappa shape index (κ3) is 4.98. The molecule has 0 spiro atoms. The van der Waals surface area contributed by atoms with Gasteiger partial charge in [0.2, 0.25) is 0 Å². The van der Waals surface area contributed by atoms with Gasteiger partial charge in [-0.15, -0.1) is 0 Å². The maximum atomic E-state index is 14.0. The van der Waals surface area contributed by atoms with Gasteiger partial charge in [-0.2, -0.15) is 0 Å². The fourth-order valence-electron chi connectivity index (χ4n) is 4.01. The Labute approximate surface area is 177 Å². The largest absolute Gasteiger partial charge is 0.357 e. The van der Waals surface area contributed by atoms with E-state index in [0.29, 0.717) is 18.9 Å². The Bertz CT molecular complexity index is 849. The number of halogens is 1. The Hall–Kier alpha value is -2.90. The topological polar surface area (TPSA) is 68.7 Å². The summed E-state index contributed by atoms with van der Waals surface area (Å²) in [6.45, 7) is 7.06. The number of hydrogen-bond donors (Lipinski definition) is 2. The summed E-state index contributed by atoms with van der Waals surface area (Å²) in [7, 11) is 0. The number of rotatable bonds is 6. The molecule has 0 aromatic carbocycles. The highest BCUT2D eigenvalue weighted by Crippen LogP contribution is 2.21. The summed E-state index contributed by atoms with van der Waals surface area (Å²) >= 11 is 0. The van der Waals surface area contributed by atoms with E-state index >= 15 is 0 Å². The summed E-state index contributed by atoms with van der Waals surface area (Å²) in [5.74, 6) is 1.98. The molecule has 160 valence electrons. The molecule has 2 aliphatic rings. The molecular weight excluding hydrogens is 381 g/mol. The van der Waals surface area contributed by atoms with Crippen molar-refractivity contribution in [1.82, 2.24) is 20.6 Å². The molecule has 2 aromatic rings. The first kappa shape index (κ1) is 20.4. The molecule has 0 bridgehead atoms. The lowest BCUT2D eigenvalue weighted by atomic mass is 10.2. The molecule has 2 saturated heterocycles. The minimum Gasteiger partial charge on any atom is -0.357 e. The van der Waals surface area contributed by atoms with Crippen LogP contribution in [-0.2, 0) is 6.54 Å². The van der Waals surface area contributed by atoms with Crippen LogP contribution in [0.3, 0.4) is 0 Å². The van der Waals surface area contributed by atoms with Crippen LogP contribution in [0.2, 0.25) is 0 Å². The van der Waals surface area contributed by atoms with Crippen molar-refractivity contribution in [3.8, 4) is 0 Å². The van der Waals surface area contributed by atoms with E-state index in [1.54, 1.807) is 12.3 Å². The maximum absolute atomic E-state index is 14.0. The average Bonchev–Trinajstić information content (AvgIpc) is 3.45.